The normalized spacial score (nSPS) is 12.8. The van der Waals surface area contributed by atoms with Crippen molar-refractivity contribution in [3.05, 3.63) is 72.1 Å². The maximum Gasteiger partial charge on any atom is 0.308 e. The molecule has 0 saturated carbocycles. The second-order valence-electron chi connectivity index (χ2n) is 5.65. The number of rotatable bonds is 9. The van der Waals surface area contributed by atoms with Gasteiger partial charge < -0.3 is 9.84 Å². The van der Waals surface area contributed by atoms with Crippen LogP contribution in [0.25, 0.3) is 5.57 Å². The fourth-order valence-corrected chi connectivity index (χ4v) is 2.63. The third-order valence-electron chi connectivity index (χ3n) is 3.88. The molecule has 2 aromatic rings. The van der Waals surface area contributed by atoms with Gasteiger partial charge in [-0.3, -0.25) is 9.78 Å². The molecular formula is C20H23NO3. The van der Waals surface area contributed by atoms with Crippen LogP contribution in [0.3, 0.4) is 0 Å². The van der Waals surface area contributed by atoms with E-state index in [4.69, 9.17) is 9.84 Å². The van der Waals surface area contributed by atoms with Crippen LogP contribution in [0.1, 0.15) is 30.4 Å². The summed E-state index contributed by atoms with van der Waals surface area (Å²) in [4.78, 5) is 15.4. The van der Waals surface area contributed by atoms with E-state index in [1.54, 1.807) is 6.20 Å². The summed E-state index contributed by atoms with van der Waals surface area (Å²) in [7, 11) is 1.53. The number of carbonyl (C=O) groups is 1. The van der Waals surface area contributed by atoms with Gasteiger partial charge in [0.1, 0.15) is 0 Å². The SMILES string of the molecule is COCC(CCC/C=C(\c1ccccc1)c1cccnc1)C(=O)O. The van der Waals surface area contributed by atoms with E-state index in [-0.39, 0.29) is 6.61 Å². The number of aromatic nitrogens is 1. The van der Waals surface area contributed by atoms with E-state index in [0.29, 0.717) is 6.42 Å². The molecule has 0 saturated heterocycles. The summed E-state index contributed by atoms with van der Waals surface area (Å²) >= 11 is 0. The van der Waals surface area contributed by atoms with Crippen molar-refractivity contribution < 1.29 is 14.6 Å². The Kier molecular flexibility index (Phi) is 7.18. The average Bonchev–Trinajstić information content (AvgIpc) is 2.62. The minimum atomic E-state index is -0.795. The lowest BCUT2D eigenvalue weighted by Gasteiger charge is -2.11. The molecule has 4 heteroatoms. The highest BCUT2D eigenvalue weighted by atomic mass is 16.5. The molecule has 1 heterocycles. The Bertz CT molecular complexity index is 612. The first-order chi connectivity index (χ1) is 11.7. The van der Waals surface area contributed by atoms with Crippen LogP contribution in [-0.2, 0) is 9.53 Å². The molecule has 1 unspecified atom stereocenters. The van der Waals surface area contributed by atoms with E-state index in [9.17, 15) is 4.79 Å². The molecule has 0 aliphatic heterocycles. The monoisotopic (exact) mass is 325 g/mol. The van der Waals surface area contributed by atoms with Gasteiger partial charge in [-0.25, -0.2) is 0 Å². The van der Waals surface area contributed by atoms with Crippen LogP contribution in [0, 0.1) is 5.92 Å². The van der Waals surface area contributed by atoms with Gasteiger partial charge >= 0.3 is 5.97 Å². The van der Waals surface area contributed by atoms with Crippen LogP contribution >= 0.6 is 0 Å². The largest absolute Gasteiger partial charge is 0.481 e. The van der Waals surface area contributed by atoms with Crippen molar-refractivity contribution in [1.82, 2.24) is 4.98 Å². The Morgan fingerprint density at radius 2 is 1.96 bits per heavy atom. The molecule has 0 radical (unpaired) electrons. The smallest absolute Gasteiger partial charge is 0.308 e. The number of ether oxygens (including phenoxy) is 1. The topological polar surface area (TPSA) is 59.4 Å². The summed E-state index contributed by atoms with van der Waals surface area (Å²) in [5.41, 5.74) is 3.33. The molecule has 4 nitrogen and oxygen atoms in total. The average molecular weight is 325 g/mol. The van der Waals surface area contributed by atoms with Crippen LogP contribution in [0.15, 0.2) is 60.9 Å². The molecule has 2 rings (SSSR count). The maximum atomic E-state index is 11.2. The first-order valence-corrected chi connectivity index (χ1v) is 8.10. The van der Waals surface area contributed by atoms with E-state index in [1.165, 1.54) is 7.11 Å². The standard InChI is InChI=1S/C20H23NO3/c1-24-15-18(20(22)23)10-5-6-12-19(16-8-3-2-4-9-16)17-11-7-13-21-14-17/h2-4,7-9,11-14,18H,5-6,10,15H2,1H3,(H,22,23)/b19-12+. The Morgan fingerprint density at radius 1 is 1.21 bits per heavy atom. The van der Waals surface area contributed by atoms with Crippen molar-refractivity contribution >= 4 is 11.5 Å². The summed E-state index contributed by atoms with van der Waals surface area (Å²) in [6, 6.07) is 14.1. The number of methoxy groups -OCH3 is 1. The van der Waals surface area contributed by atoms with E-state index in [1.807, 2.05) is 36.5 Å². The maximum absolute atomic E-state index is 11.2. The first kappa shape index (κ1) is 17.9. The number of allylic oxidation sites excluding steroid dienone is 1. The lowest BCUT2D eigenvalue weighted by atomic mass is 9.96. The molecule has 0 bridgehead atoms. The van der Waals surface area contributed by atoms with Gasteiger partial charge in [-0.1, -0.05) is 42.5 Å². The van der Waals surface area contributed by atoms with Gasteiger partial charge in [-0.05, 0) is 36.5 Å². The quantitative estimate of drug-likeness (QED) is 0.707. The van der Waals surface area contributed by atoms with Crippen LogP contribution in [-0.4, -0.2) is 29.8 Å². The number of unbranched alkanes of at least 4 members (excludes halogenated alkanes) is 1. The summed E-state index contributed by atoms with van der Waals surface area (Å²) in [5.74, 6) is -1.24. The summed E-state index contributed by atoms with van der Waals surface area (Å²) in [6.45, 7) is 0.257. The lowest BCUT2D eigenvalue weighted by molar-refractivity contribution is -0.143. The molecule has 1 atom stereocenters. The van der Waals surface area contributed by atoms with Gasteiger partial charge in [-0.2, -0.15) is 0 Å². The van der Waals surface area contributed by atoms with Gasteiger partial charge in [0, 0.05) is 25.1 Å². The Hall–Kier alpha value is -2.46. The summed E-state index contributed by atoms with van der Waals surface area (Å²) < 4.78 is 4.98. The van der Waals surface area contributed by atoms with Gasteiger partial charge in [0.2, 0.25) is 0 Å². The molecule has 0 amide bonds. The van der Waals surface area contributed by atoms with E-state index < -0.39 is 11.9 Å². The molecule has 0 fully saturated rings. The van der Waals surface area contributed by atoms with E-state index >= 15 is 0 Å². The van der Waals surface area contributed by atoms with Crippen LogP contribution in [0.4, 0.5) is 0 Å². The predicted octanol–water partition coefficient (Wildman–Crippen LogP) is 4.03. The van der Waals surface area contributed by atoms with Crippen LogP contribution < -0.4 is 0 Å². The Balaban J connectivity index is 2.08. The Morgan fingerprint density at radius 3 is 2.58 bits per heavy atom. The van der Waals surface area contributed by atoms with E-state index in [0.717, 1.165) is 29.5 Å². The predicted molar refractivity (Wildman–Crippen MR) is 94.6 cm³/mol. The summed E-state index contributed by atoms with van der Waals surface area (Å²) in [6.07, 6.45) is 7.99. The zero-order chi connectivity index (χ0) is 17.2. The number of carboxylic acids is 1. The van der Waals surface area contributed by atoms with Gasteiger partial charge in [0.05, 0.1) is 12.5 Å². The number of aliphatic carboxylic acids is 1. The zero-order valence-corrected chi connectivity index (χ0v) is 13.9. The number of pyridine rings is 1. The summed E-state index contributed by atoms with van der Waals surface area (Å²) in [5, 5.41) is 9.17. The van der Waals surface area contributed by atoms with Gasteiger partial charge in [0.25, 0.3) is 0 Å². The molecule has 0 aliphatic rings. The van der Waals surface area contributed by atoms with Gasteiger partial charge in [-0.15, -0.1) is 0 Å². The van der Waals surface area contributed by atoms with Crippen molar-refractivity contribution in [3.63, 3.8) is 0 Å². The first-order valence-electron chi connectivity index (χ1n) is 8.10. The number of benzene rings is 1. The van der Waals surface area contributed by atoms with Crippen molar-refractivity contribution in [1.29, 1.82) is 0 Å². The van der Waals surface area contributed by atoms with Crippen LogP contribution in [0.2, 0.25) is 0 Å². The zero-order valence-electron chi connectivity index (χ0n) is 13.9. The number of nitrogens with zero attached hydrogens (tertiary/aromatic N) is 1. The molecule has 0 spiro atoms. The minimum Gasteiger partial charge on any atom is -0.481 e. The molecular weight excluding hydrogens is 302 g/mol. The highest BCUT2D eigenvalue weighted by Gasteiger charge is 2.16. The number of carboxylic acid groups (broad SMARTS) is 1. The minimum absolute atomic E-state index is 0.257. The molecule has 24 heavy (non-hydrogen) atoms. The van der Waals surface area contributed by atoms with Crippen molar-refractivity contribution in [2.24, 2.45) is 5.92 Å². The highest BCUT2D eigenvalue weighted by Crippen LogP contribution is 2.24. The second-order valence-corrected chi connectivity index (χ2v) is 5.65. The second kappa shape index (κ2) is 9.63. The molecule has 0 aliphatic carbocycles. The van der Waals surface area contributed by atoms with E-state index in [2.05, 4.69) is 23.2 Å². The van der Waals surface area contributed by atoms with Crippen molar-refractivity contribution in [3.8, 4) is 0 Å². The lowest BCUT2D eigenvalue weighted by Crippen LogP contribution is -2.18. The van der Waals surface area contributed by atoms with Crippen LogP contribution in [0.5, 0.6) is 0 Å². The van der Waals surface area contributed by atoms with Crippen molar-refractivity contribution in [2.75, 3.05) is 13.7 Å². The molecule has 1 N–H and O–H groups in total. The number of hydrogen-bond acceptors (Lipinski definition) is 3. The molecule has 1 aromatic heterocycles. The van der Waals surface area contributed by atoms with Crippen molar-refractivity contribution in [2.45, 2.75) is 19.3 Å². The molecule has 1 aromatic carbocycles. The molecule has 126 valence electrons. The van der Waals surface area contributed by atoms with Gasteiger partial charge in [0.15, 0.2) is 0 Å². The third-order valence-corrected chi connectivity index (χ3v) is 3.88. The fourth-order valence-electron chi connectivity index (χ4n) is 2.63. The Labute approximate surface area is 142 Å². The third kappa shape index (κ3) is 5.32. The number of hydrogen-bond donors (Lipinski definition) is 1. The fraction of sp³-hybridized carbons (Fsp3) is 0.300. The highest BCUT2D eigenvalue weighted by molar-refractivity contribution is 5.79.